The van der Waals surface area contributed by atoms with E-state index in [0.717, 1.165) is 5.39 Å². The maximum absolute atomic E-state index is 10.9. The number of carboxylic acid groups (broad SMARTS) is 1. The standard InChI is InChI=1S/C13H11NO4/c1-8(15)14-11(13(16)17)7-10-6-9-4-2-3-5-12(9)18-10/h2-7H,1H3,(H,14,15)(H,16,17)/b11-7+. The van der Waals surface area contributed by atoms with Crippen molar-refractivity contribution in [2.45, 2.75) is 6.92 Å². The highest BCUT2D eigenvalue weighted by atomic mass is 16.4. The molecule has 0 unspecified atom stereocenters. The average molecular weight is 245 g/mol. The molecule has 18 heavy (non-hydrogen) atoms. The number of carbonyl (C=O) groups excluding carboxylic acids is 1. The fourth-order valence-electron chi connectivity index (χ4n) is 1.56. The van der Waals surface area contributed by atoms with Gasteiger partial charge in [-0.1, -0.05) is 18.2 Å². The normalized spacial score (nSPS) is 11.5. The number of hydrogen-bond donors (Lipinski definition) is 2. The molecule has 5 nitrogen and oxygen atoms in total. The van der Waals surface area contributed by atoms with E-state index in [-0.39, 0.29) is 5.70 Å². The van der Waals surface area contributed by atoms with E-state index >= 15 is 0 Å². The smallest absolute Gasteiger partial charge is 0.352 e. The topological polar surface area (TPSA) is 79.5 Å². The van der Waals surface area contributed by atoms with Gasteiger partial charge in [0.15, 0.2) is 0 Å². The fraction of sp³-hybridized carbons (Fsp3) is 0.0769. The van der Waals surface area contributed by atoms with Crippen molar-refractivity contribution in [3.63, 3.8) is 0 Å². The predicted octanol–water partition coefficient (Wildman–Crippen LogP) is 1.99. The van der Waals surface area contributed by atoms with Crippen LogP contribution in [0.5, 0.6) is 0 Å². The lowest BCUT2D eigenvalue weighted by molar-refractivity contribution is -0.134. The van der Waals surface area contributed by atoms with Crippen LogP contribution in [0.2, 0.25) is 0 Å². The number of rotatable bonds is 3. The summed E-state index contributed by atoms with van der Waals surface area (Å²) in [6, 6.07) is 9.03. The second-order valence-electron chi connectivity index (χ2n) is 3.73. The maximum Gasteiger partial charge on any atom is 0.352 e. The van der Waals surface area contributed by atoms with Crippen LogP contribution in [-0.4, -0.2) is 17.0 Å². The zero-order valence-corrected chi connectivity index (χ0v) is 9.64. The van der Waals surface area contributed by atoms with Crippen molar-refractivity contribution >= 4 is 28.9 Å². The van der Waals surface area contributed by atoms with E-state index in [1.54, 1.807) is 12.1 Å². The number of fused-ring (bicyclic) bond motifs is 1. The van der Waals surface area contributed by atoms with Crippen molar-refractivity contribution in [1.29, 1.82) is 0 Å². The first-order chi connectivity index (χ1) is 8.56. The Balaban J connectivity index is 2.39. The highest BCUT2D eigenvalue weighted by Crippen LogP contribution is 2.20. The summed E-state index contributed by atoms with van der Waals surface area (Å²) in [5.41, 5.74) is 0.442. The van der Waals surface area contributed by atoms with Crippen LogP contribution in [0.15, 0.2) is 40.4 Å². The zero-order chi connectivity index (χ0) is 13.1. The van der Waals surface area contributed by atoms with Gasteiger partial charge in [0.25, 0.3) is 0 Å². The molecule has 1 aromatic heterocycles. The molecule has 92 valence electrons. The summed E-state index contributed by atoms with van der Waals surface area (Å²) >= 11 is 0. The summed E-state index contributed by atoms with van der Waals surface area (Å²) < 4.78 is 5.44. The molecule has 1 aromatic carbocycles. The number of furan rings is 1. The van der Waals surface area contributed by atoms with Crippen LogP contribution in [0, 0.1) is 0 Å². The first-order valence-electron chi connectivity index (χ1n) is 5.27. The molecule has 0 radical (unpaired) electrons. The lowest BCUT2D eigenvalue weighted by Gasteiger charge is -2.00. The van der Waals surface area contributed by atoms with Crippen LogP contribution in [0.4, 0.5) is 0 Å². The SMILES string of the molecule is CC(=O)N/C(=C/c1cc2ccccc2o1)C(=O)O. The number of nitrogens with one attached hydrogen (secondary N) is 1. The quantitative estimate of drug-likeness (QED) is 0.810. The fourth-order valence-corrected chi connectivity index (χ4v) is 1.56. The van der Waals surface area contributed by atoms with Crippen molar-refractivity contribution in [3.8, 4) is 0 Å². The molecule has 0 saturated heterocycles. The van der Waals surface area contributed by atoms with Crippen molar-refractivity contribution in [1.82, 2.24) is 5.32 Å². The molecule has 0 atom stereocenters. The Morgan fingerprint density at radius 1 is 1.33 bits per heavy atom. The van der Waals surface area contributed by atoms with E-state index in [1.165, 1.54) is 13.0 Å². The Morgan fingerprint density at radius 3 is 2.67 bits per heavy atom. The maximum atomic E-state index is 10.9. The Morgan fingerprint density at radius 2 is 2.06 bits per heavy atom. The summed E-state index contributed by atoms with van der Waals surface area (Å²) in [6.45, 7) is 1.25. The number of carboxylic acids is 1. The minimum atomic E-state index is -1.22. The summed E-state index contributed by atoms with van der Waals surface area (Å²) in [4.78, 5) is 21.8. The van der Waals surface area contributed by atoms with Crippen LogP contribution < -0.4 is 5.32 Å². The number of amides is 1. The largest absolute Gasteiger partial charge is 0.477 e. The van der Waals surface area contributed by atoms with Gasteiger partial charge < -0.3 is 14.8 Å². The van der Waals surface area contributed by atoms with Gasteiger partial charge in [0.05, 0.1) is 0 Å². The lowest BCUT2D eigenvalue weighted by Crippen LogP contribution is -2.24. The van der Waals surface area contributed by atoms with Crippen molar-refractivity contribution in [2.24, 2.45) is 0 Å². The molecule has 0 spiro atoms. The molecule has 0 bridgehead atoms. The molecule has 0 aliphatic carbocycles. The third kappa shape index (κ3) is 2.57. The molecule has 0 aliphatic heterocycles. The molecule has 1 amide bonds. The van der Waals surface area contributed by atoms with E-state index in [1.807, 2.05) is 18.2 Å². The third-order valence-electron chi connectivity index (χ3n) is 2.27. The van der Waals surface area contributed by atoms with Gasteiger partial charge in [-0.3, -0.25) is 4.79 Å². The molecule has 2 rings (SSSR count). The van der Waals surface area contributed by atoms with Gasteiger partial charge in [0.1, 0.15) is 17.0 Å². The van der Waals surface area contributed by atoms with E-state index in [4.69, 9.17) is 9.52 Å². The van der Waals surface area contributed by atoms with E-state index in [2.05, 4.69) is 5.32 Å². The molecular formula is C13H11NO4. The number of aliphatic carboxylic acids is 1. The van der Waals surface area contributed by atoms with Crippen LogP contribution in [0.3, 0.4) is 0 Å². The summed E-state index contributed by atoms with van der Waals surface area (Å²) in [5, 5.41) is 12.0. The Kier molecular flexibility index (Phi) is 3.14. The Labute approximate surface area is 103 Å². The first kappa shape index (κ1) is 11.9. The highest BCUT2D eigenvalue weighted by Gasteiger charge is 2.10. The van der Waals surface area contributed by atoms with Crippen molar-refractivity contribution in [2.75, 3.05) is 0 Å². The summed E-state index contributed by atoms with van der Waals surface area (Å²) in [6.07, 6.45) is 1.28. The van der Waals surface area contributed by atoms with Gasteiger partial charge in [-0.25, -0.2) is 4.79 Å². The second kappa shape index (κ2) is 4.75. The Hall–Kier alpha value is -2.56. The van der Waals surface area contributed by atoms with Gasteiger partial charge in [0.2, 0.25) is 5.91 Å². The summed E-state index contributed by atoms with van der Waals surface area (Å²) in [7, 11) is 0. The number of carbonyl (C=O) groups is 2. The van der Waals surface area contributed by atoms with Crippen LogP contribution in [0.1, 0.15) is 12.7 Å². The average Bonchev–Trinajstić information content (AvgIpc) is 2.69. The molecule has 0 saturated carbocycles. The molecule has 0 fully saturated rings. The minimum absolute atomic E-state index is 0.221. The molecule has 5 heteroatoms. The zero-order valence-electron chi connectivity index (χ0n) is 9.64. The third-order valence-corrected chi connectivity index (χ3v) is 2.27. The molecule has 1 heterocycles. The predicted molar refractivity (Wildman–Crippen MR) is 65.6 cm³/mol. The van der Waals surface area contributed by atoms with E-state index < -0.39 is 11.9 Å². The van der Waals surface area contributed by atoms with E-state index in [0.29, 0.717) is 11.3 Å². The number of benzene rings is 1. The first-order valence-corrected chi connectivity index (χ1v) is 5.27. The Bertz CT molecular complexity index is 606. The molecular weight excluding hydrogens is 234 g/mol. The minimum Gasteiger partial charge on any atom is -0.477 e. The van der Waals surface area contributed by atoms with E-state index in [9.17, 15) is 9.59 Å². The van der Waals surface area contributed by atoms with Gasteiger partial charge >= 0.3 is 5.97 Å². The molecule has 2 aromatic rings. The molecule has 2 N–H and O–H groups in total. The summed E-state index contributed by atoms with van der Waals surface area (Å²) in [5.74, 6) is -1.28. The second-order valence-corrected chi connectivity index (χ2v) is 3.73. The van der Waals surface area contributed by atoms with Gasteiger partial charge in [-0.15, -0.1) is 0 Å². The number of para-hydroxylation sites is 1. The van der Waals surface area contributed by atoms with Gasteiger partial charge in [0, 0.05) is 18.4 Å². The van der Waals surface area contributed by atoms with Crippen molar-refractivity contribution in [3.05, 3.63) is 41.8 Å². The van der Waals surface area contributed by atoms with Crippen molar-refractivity contribution < 1.29 is 19.1 Å². The van der Waals surface area contributed by atoms with Crippen LogP contribution in [0.25, 0.3) is 17.0 Å². The lowest BCUT2D eigenvalue weighted by atomic mass is 10.2. The highest BCUT2D eigenvalue weighted by molar-refractivity contribution is 5.96. The van der Waals surface area contributed by atoms with Crippen LogP contribution in [-0.2, 0) is 9.59 Å². The monoisotopic (exact) mass is 245 g/mol. The number of hydrogen-bond acceptors (Lipinski definition) is 3. The van der Waals surface area contributed by atoms with Crippen LogP contribution >= 0.6 is 0 Å². The van der Waals surface area contributed by atoms with Gasteiger partial charge in [-0.05, 0) is 12.1 Å². The molecule has 0 aliphatic rings. The van der Waals surface area contributed by atoms with Gasteiger partial charge in [-0.2, -0.15) is 0 Å².